The Kier molecular flexibility index (Phi) is 61.7. The van der Waals surface area contributed by atoms with Crippen LogP contribution in [0, 0.1) is 0 Å². The molecule has 0 aliphatic rings. The number of aliphatic hydroxyl groups is 1. The fraction of sp³-hybridized carbons (Fsp3) is 0.986. The molecule has 0 rings (SSSR count). The summed E-state index contributed by atoms with van der Waals surface area (Å²) >= 11 is 0. The quantitative estimate of drug-likeness (QED) is 0.0318. The Bertz CT molecular complexity index is 1250. The first-order chi connectivity index (χ1) is 38.5. The van der Waals surface area contributed by atoms with Crippen LogP contribution in [0.4, 0.5) is 0 Å². The van der Waals surface area contributed by atoms with E-state index >= 15 is 0 Å². The van der Waals surface area contributed by atoms with Crippen LogP contribution < -0.4 is 5.32 Å². The molecule has 0 spiro atoms. The number of carbonyl (C=O) groups is 1. The van der Waals surface area contributed by atoms with Crippen LogP contribution in [0.1, 0.15) is 393 Å². The van der Waals surface area contributed by atoms with Gasteiger partial charge in [0.25, 0.3) is 0 Å². The topological polar surface area (TPSA) is 105 Å². The predicted molar refractivity (Wildman–Crippen MR) is 346 cm³/mol. The standard InChI is InChI=1S/C70H143N2O6P/c1-6-8-10-12-14-16-18-20-22-24-26-28-30-32-34-35-36-38-40-42-44-46-48-50-52-54-56-58-60-62-64-70(74)71-68(67-78-79(75,76)77-66-65-72(3,4)5)69(73)63-61-59-57-55-53-51-49-47-45-43-41-39-37-33-31-29-27-25-23-21-19-17-15-13-11-9-7-2/h68-69,73H,6-67H2,1-5H3,(H-,71,74,75,76)/p+1. The number of unbranched alkanes of at least 4 members (excludes halogenated alkanes) is 55. The van der Waals surface area contributed by atoms with Crippen molar-refractivity contribution < 1.29 is 32.9 Å². The molecule has 0 aromatic rings. The minimum Gasteiger partial charge on any atom is -0.391 e. The van der Waals surface area contributed by atoms with Crippen molar-refractivity contribution in [2.45, 2.75) is 405 Å². The second-order valence-corrected chi connectivity index (χ2v) is 27.8. The van der Waals surface area contributed by atoms with E-state index in [1.807, 2.05) is 21.1 Å². The second-order valence-electron chi connectivity index (χ2n) is 26.3. The van der Waals surface area contributed by atoms with Crippen LogP contribution in [0.15, 0.2) is 0 Å². The van der Waals surface area contributed by atoms with Crippen LogP contribution in [0.3, 0.4) is 0 Å². The summed E-state index contributed by atoms with van der Waals surface area (Å²) in [6.45, 7) is 4.97. The van der Waals surface area contributed by atoms with Gasteiger partial charge in [0.15, 0.2) is 0 Å². The number of carbonyl (C=O) groups excluding carboxylic acids is 1. The van der Waals surface area contributed by atoms with Gasteiger partial charge in [0.1, 0.15) is 13.2 Å². The third-order valence-corrected chi connectivity index (χ3v) is 18.1. The van der Waals surface area contributed by atoms with E-state index in [4.69, 9.17) is 9.05 Å². The van der Waals surface area contributed by atoms with E-state index in [0.717, 1.165) is 38.5 Å². The van der Waals surface area contributed by atoms with Crippen LogP contribution in [0.25, 0.3) is 0 Å². The predicted octanol–water partition coefficient (Wildman–Crippen LogP) is 22.7. The van der Waals surface area contributed by atoms with Gasteiger partial charge in [0, 0.05) is 6.42 Å². The molecule has 0 fully saturated rings. The van der Waals surface area contributed by atoms with Crippen LogP contribution in [-0.2, 0) is 18.4 Å². The average molecular weight is 1140 g/mol. The van der Waals surface area contributed by atoms with Crippen molar-refractivity contribution in [3.05, 3.63) is 0 Å². The Labute approximate surface area is 495 Å². The highest BCUT2D eigenvalue weighted by Gasteiger charge is 2.28. The molecule has 0 aliphatic heterocycles. The van der Waals surface area contributed by atoms with Crippen molar-refractivity contribution >= 4 is 13.7 Å². The Morgan fingerprint density at radius 1 is 0.380 bits per heavy atom. The van der Waals surface area contributed by atoms with Gasteiger partial charge in [0.05, 0.1) is 39.9 Å². The largest absolute Gasteiger partial charge is 0.472 e. The number of rotatable bonds is 68. The van der Waals surface area contributed by atoms with Gasteiger partial charge >= 0.3 is 7.82 Å². The fourth-order valence-electron chi connectivity index (χ4n) is 11.5. The Morgan fingerprint density at radius 2 is 0.608 bits per heavy atom. The van der Waals surface area contributed by atoms with E-state index in [2.05, 4.69) is 19.2 Å². The number of nitrogens with one attached hydrogen (secondary N) is 1. The minimum absolute atomic E-state index is 0.0795. The maximum absolute atomic E-state index is 13.1. The Hall–Kier alpha value is -0.500. The van der Waals surface area contributed by atoms with Gasteiger partial charge in [-0.15, -0.1) is 0 Å². The molecule has 79 heavy (non-hydrogen) atoms. The van der Waals surface area contributed by atoms with E-state index in [0.29, 0.717) is 23.9 Å². The highest BCUT2D eigenvalue weighted by molar-refractivity contribution is 7.47. The third-order valence-electron chi connectivity index (χ3n) is 17.1. The maximum atomic E-state index is 13.1. The molecule has 3 N–H and O–H groups in total. The molecule has 474 valence electrons. The van der Waals surface area contributed by atoms with E-state index in [-0.39, 0.29) is 19.1 Å². The number of nitrogens with zero attached hydrogens (tertiary/aromatic N) is 1. The van der Waals surface area contributed by atoms with Gasteiger partial charge in [0.2, 0.25) is 5.91 Å². The van der Waals surface area contributed by atoms with Gasteiger partial charge in [-0.3, -0.25) is 13.8 Å². The zero-order chi connectivity index (χ0) is 57.7. The van der Waals surface area contributed by atoms with E-state index in [9.17, 15) is 19.4 Å². The van der Waals surface area contributed by atoms with Gasteiger partial charge < -0.3 is 19.8 Å². The summed E-state index contributed by atoms with van der Waals surface area (Å²) in [5.41, 5.74) is 0. The van der Waals surface area contributed by atoms with Crippen molar-refractivity contribution in [2.24, 2.45) is 0 Å². The van der Waals surface area contributed by atoms with E-state index < -0.39 is 20.0 Å². The molecule has 1 amide bonds. The smallest absolute Gasteiger partial charge is 0.391 e. The third kappa shape index (κ3) is 64.9. The summed E-state index contributed by atoms with van der Waals surface area (Å²) in [6, 6.07) is -0.757. The summed E-state index contributed by atoms with van der Waals surface area (Å²) in [7, 11) is 1.64. The van der Waals surface area contributed by atoms with E-state index in [1.54, 1.807) is 0 Å². The van der Waals surface area contributed by atoms with Crippen LogP contribution in [0.5, 0.6) is 0 Å². The monoisotopic (exact) mass is 1140 g/mol. The molecule has 9 heteroatoms. The van der Waals surface area contributed by atoms with Crippen LogP contribution >= 0.6 is 7.82 Å². The molecule has 0 radical (unpaired) electrons. The lowest BCUT2D eigenvalue weighted by Crippen LogP contribution is -2.46. The van der Waals surface area contributed by atoms with Crippen molar-refractivity contribution in [3.63, 3.8) is 0 Å². The maximum Gasteiger partial charge on any atom is 0.472 e. The van der Waals surface area contributed by atoms with Gasteiger partial charge in [-0.05, 0) is 12.8 Å². The first-order valence-electron chi connectivity index (χ1n) is 35.9. The van der Waals surface area contributed by atoms with Crippen molar-refractivity contribution in [3.8, 4) is 0 Å². The number of phosphoric ester groups is 1. The number of quaternary nitrogens is 1. The van der Waals surface area contributed by atoms with Crippen LogP contribution in [0.2, 0.25) is 0 Å². The van der Waals surface area contributed by atoms with Gasteiger partial charge in [-0.2, -0.15) is 0 Å². The highest BCUT2D eigenvalue weighted by Crippen LogP contribution is 2.43. The van der Waals surface area contributed by atoms with Crippen LogP contribution in [-0.4, -0.2) is 73.4 Å². The SMILES string of the molecule is CCCCCCCCCCCCCCCCCCCCCCCCCCCCCCCCC(=O)NC(COP(=O)(O)OCC[N+](C)(C)C)C(O)CCCCCCCCCCCCCCCCCCCCCCCCCCCCC. The molecule has 0 bridgehead atoms. The summed E-state index contributed by atoms with van der Waals surface area (Å²) in [5.74, 6) is -0.133. The molecule has 0 aromatic carbocycles. The zero-order valence-corrected chi connectivity index (χ0v) is 55.3. The molecule has 0 saturated carbocycles. The molecular formula is C70H144N2O6P+. The van der Waals surface area contributed by atoms with Gasteiger partial charge in [-0.25, -0.2) is 4.57 Å². The minimum atomic E-state index is -4.33. The number of likely N-dealkylation sites (N-methyl/N-ethyl adjacent to an activating group) is 1. The number of hydrogen-bond donors (Lipinski definition) is 3. The normalized spacial score (nSPS) is 13.6. The zero-order valence-electron chi connectivity index (χ0n) is 54.4. The molecule has 0 aliphatic carbocycles. The van der Waals surface area contributed by atoms with Crippen molar-refractivity contribution in [1.82, 2.24) is 5.32 Å². The second kappa shape index (κ2) is 62.0. The van der Waals surface area contributed by atoms with Crippen molar-refractivity contribution in [2.75, 3.05) is 40.9 Å². The summed E-state index contributed by atoms with van der Waals surface area (Å²) in [6.07, 6.45) is 77.9. The Balaban J connectivity index is 3.97. The summed E-state index contributed by atoms with van der Waals surface area (Å²) in [4.78, 5) is 23.5. The average Bonchev–Trinajstić information content (AvgIpc) is 3.42. The molecule has 8 nitrogen and oxygen atoms in total. The van der Waals surface area contributed by atoms with Crippen molar-refractivity contribution in [1.29, 1.82) is 0 Å². The molecule has 0 heterocycles. The number of aliphatic hydroxyl groups excluding tert-OH is 1. The molecule has 3 unspecified atom stereocenters. The molecule has 3 atom stereocenters. The highest BCUT2D eigenvalue weighted by atomic mass is 31.2. The summed E-state index contributed by atoms with van der Waals surface area (Å²) in [5, 5.41) is 14.2. The number of amides is 1. The molecule has 0 aromatic heterocycles. The lowest BCUT2D eigenvalue weighted by molar-refractivity contribution is -0.870. The van der Waals surface area contributed by atoms with E-state index in [1.165, 1.54) is 327 Å². The first-order valence-corrected chi connectivity index (χ1v) is 37.4. The first kappa shape index (κ1) is 78.5. The molecule has 0 saturated heterocycles. The van der Waals surface area contributed by atoms with Gasteiger partial charge in [-0.1, -0.05) is 373 Å². The Morgan fingerprint density at radius 3 is 0.848 bits per heavy atom. The lowest BCUT2D eigenvalue weighted by Gasteiger charge is -2.26. The number of hydrogen-bond acceptors (Lipinski definition) is 5. The lowest BCUT2D eigenvalue weighted by atomic mass is 10.0. The molecular weight excluding hydrogens is 996 g/mol. The fourth-order valence-corrected chi connectivity index (χ4v) is 12.3. The number of phosphoric acid groups is 1. The summed E-state index contributed by atoms with van der Waals surface area (Å²) < 4.78 is 23.9.